The Balaban J connectivity index is 1.72. The van der Waals surface area contributed by atoms with E-state index in [0.717, 1.165) is 63.5 Å². The Kier molecular flexibility index (Phi) is 8.91. The van der Waals surface area contributed by atoms with E-state index in [0.29, 0.717) is 11.8 Å². The lowest BCUT2D eigenvalue weighted by Crippen LogP contribution is -2.52. The molecule has 2 aliphatic rings. The Morgan fingerprint density at radius 3 is 2.55 bits per heavy atom. The van der Waals surface area contributed by atoms with Crippen LogP contribution in [0.5, 0.6) is 0 Å². The fourth-order valence-electron chi connectivity index (χ4n) is 6.24. The van der Waals surface area contributed by atoms with Gasteiger partial charge >= 0.3 is 5.97 Å². The quantitative estimate of drug-likeness (QED) is 0.436. The predicted molar refractivity (Wildman–Crippen MR) is 132 cm³/mol. The van der Waals surface area contributed by atoms with E-state index < -0.39 is 5.54 Å². The van der Waals surface area contributed by atoms with Crippen molar-refractivity contribution in [2.45, 2.75) is 82.8 Å². The number of aliphatic imine (C=N–C) groups is 1. The smallest absolute Gasteiger partial charge is 0.335 e. The van der Waals surface area contributed by atoms with Crippen LogP contribution >= 0.6 is 0 Å². The molecule has 5 nitrogen and oxygen atoms in total. The highest BCUT2D eigenvalue weighted by molar-refractivity contribution is 5.86. The van der Waals surface area contributed by atoms with Gasteiger partial charge in [-0.05, 0) is 75.7 Å². The molecular weight excluding hydrogens is 417 g/mol. The highest BCUT2D eigenvalue weighted by atomic mass is 19.1. The van der Waals surface area contributed by atoms with Crippen LogP contribution in [0.3, 0.4) is 0 Å². The van der Waals surface area contributed by atoms with E-state index in [2.05, 4.69) is 37.7 Å². The summed E-state index contributed by atoms with van der Waals surface area (Å²) in [6.45, 7) is 5.19. The van der Waals surface area contributed by atoms with Gasteiger partial charge in [-0.3, -0.25) is 4.99 Å². The van der Waals surface area contributed by atoms with E-state index in [9.17, 15) is 9.18 Å². The monoisotopic (exact) mass is 459 g/mol. The average Bonchev–Trinajstić information content (AvgIpc) is 3.13. The Morgan fingerprint density at radius 1 is 1.24 bits per heavy atom. The topological polar surface area (TPSA) is 45.1 Å². The zero-order valence-corrected chi connectivity index (χ0v) is 21.1. The third-order valence-electron chi connectivity index (χ3n) is 7.68. The number of halogens is 1. The molecule has 0 bridgehead atoms. The molecule has 0 amide bonds. The average molecular weight is 460 g/mol. The summed E-state index contributed by atoms with van der Waals surface area (Å²) in [7, 11) is 5.67. The van der Waals surface area contributed by atoms with Crippen molar-refractivity contribution in [2.75, 3.05) is 27.7 Å². The maximum Gasteiger partial charge on any atom is 0.335 e. The molecule has 1 aliphatic carbocycles. The minimum Gasteiger partial charge on any atom is -0.467 e. The summed E-state index contributed by atoms with van der Waals surface area (Å²) in [6.07, 6.45) is 10.00. The van der Waals surface area contributed by atoms with E-state index >= 15 is 0 Å². The molecule has 33 heavy (non-hydrogen) atoms. The molecule has 1 saturated carbocycles. The lowest BCUT2D eigenvalue weighted by Gasteiger charge is -2.41. The van der Waals surface area contributed by atoms with Crippen molar-refractivity contribution < 1.29 is 13.9 Å². The third kappa shape index (κ3) is 5.59. The van der Waals surface area contributed by atoms with Gasteiger partial charge in [0.15, 0.2) is 5.54 Å². The number of rotatable bonds is 10. The molecule has 0 aromatic heterocycles. The molecule has 1 aliphatic heterocycles. The molecule has 1 heterocycles. The van der Waals surface area contributed by atoms with Crippen LogP contribution in [0.25, 0.3) is 0 Å². The molecule has 1 aromatic rings. The minimum absolute atomic E-state index is 0.0688. The lowest BCUT2D eigenvalue weighted by molar-refractivity contribution is -0.149. The highest BCUT2D eigenvalue weighted by Crippen LogP contribution is 2.43. The van der Waals surface area contributed by atoms with Crippen LogP contribution < -0.4 is 0 Å². The summed E-state index contributed by atoms with van der Waals surface area (Å²) < 4.78 is 19.2. The Bertz CT molecular complexity index is 806. The van der Waals surface area contributed by atoms with Gasteiger partial charge in [0.2, 0.25) is 0 Å². The zero-order chi connectivity index (χ0) is 24.0. The first-order valence-electron chi connectivity index (χ1n) is 12.7. The Morgan fingerprint density at radius 2 is 1.97 bits per heavy atom. The van der Waals surface area contributed by atoms with Gasteiger partial charge < -0.3 is 14.5 Å². The van der Waals surface area contributed by atoms with Crippen LogP contribution in [0.15, 0.2) is 29.3 Å². The summed E-state index contributed by atoms with van der Waals surface area (Å²) in [4.78, 5) is 22.2. The van der Waals surface area contributed by atoms with Crippen LogP contribution in [0.4, 0.5) is 4.39 Å². The molecule has 184 valence electrons. The number of benzene rings is 1. The Hall–Kier alpha value is -1.95. The van der Waals surface area contributed by atoms with Crippen LogP contribution in [0.1, 0.15) is 76.8 Å². The molecule has 6 heteroatoms. The van der Waals surface area contributed by atoms with Gasteiger partial charge in [-0.2, -0.15) is 0 Å². The van der Waals surface area contributed by atoms with E-state index in [1.54, 1.807) is 6.07 Å². The van der Waals surface area contributed by atoms with E-state index in [-0.39, 0.29) is 23.9 Å². The number of carbonyl (C=O) groups is 1. The van der Waals surface area contributed by atoms with E-state index in [4.69, 9.17) is 9.73 Å². The summed E-state index contributed by atoms with van der Waals surface area (Å²) in [5, 5.41) is 0. The van der Waals surface area contributed by atoms with Crippen LogP contribution in [-0.4, -0.2) is 61.4 Å². The molecular formula is C27H42FN3O2. The van der Waals surface area contributed by atoms with E-state index in [1.165, 1.54) is 13.2 Å². The second-order valence-electron chi connectivity index (χ2n) is 10.1. The highest BCUT2D eigenvalue weighted by Gasteiger charge is 2.52. The third-order valence-corrected chi connectivity index (χ3v) is 7.68. The minimum atomic E-state index is -0.775. The molecule has 0 radical (unpaired) electrons. The maximum absolute atomic E-state index is 13.9. The van der Waals surface area contributed by atoms with Crippen LogP contribution in [-0.2, 0) is 9.53 Å². The van der Waals surface area contributed by atoms with Gasteiger partial charge in [-0.1, -0.05) is 45.2 Å². The molecule has 1 fully saturated rings. The van der Waals surface area contributed by atoms with Crippen molar-refractivity contribution in [2.24, 2.45) is 16.8 Å². The second kappa shape index (κ2) is 11.5. The zero-order valence-electron chi connectivity index (χ0n) is 21.1. The summed E-state index contributed by atoms with van der Waals surface area (Å²) in [5.41, 5.74) is 0.290. The number of carbonyl (C=O) groups excluding carboxylic acids is 1. The number of esters is 1. The molecule has 3 rings (SSSR count). The molecule has 3 unspecified atom stereocenters. The van der Waals surface area contributed by atoms with Crippen molar-refractivity contribution in [3.8, 4) is 0 Å². The van der Waals surface area contributed by atoms with Gasteiger partial charge in [0.1, 0.15) is 5.82 Å². The number of methoxy groups -OCH3 is 1. The standard InChI is InChI=1S/C27H42FN3O2/c1-6-15-27(26(32)33-5)24(31(16-7-2)19-29-27)17-20-11-13-21(14-12-20)25(30(3)4)22-9-8-10-23(28)18-22/h8-10,18-21,24-25H,6-7,11-17H2,1-5H3. The van der Waals surface area contributed by atoms with Crippen molar-refractivity contribution in [3.05, 3.63) is 35.6 Å². The number of nitrogens with zero attached hydrogens (tertiary/aromatic N) is 3. The van der Waals surface area contributed by atoms with Gasteiger partial charge in [0.05, 0.1) is 19.5 Å². The number of hydrogen-bond acceptors (Lipinski definition) is 5. The maximum atomic E-state index is 13.9. The van der Waals surface area contributed by atoms with Crippen molar-refractivity contribution in [1.29, 1.82) is 0 Å². The van der Waals surface area contributed by atoms with Crippen molar-refractivity contribution >= 4 is 12.3 Å². The molecule has 3 atom stereocenters. The molecule has 0 saturated heterocycles. The number of hydrogen-bond donors (Lipinski definition) is 0. The van der Waals surface area contributed by atoms with Crippen molar-refractivity contribution in [3.63, 3.8) is 0 Å². The first-order valence-corrected chi connectivity index (χ1v) is 12.7. The fraction of sp³-hybridized carbons (Fsp3) is 0.704. The molecule has 0 N–H and O–H groups in total. The number of ether oxygens (including phenoxy) is 1. The first-order chi connectivity index (χ1) is 15.9. The summed E-state index contributed by atoms with van der Waals surface area (Å²) >= 11 is 0. The summed E-state index contributed by atoms with van der Waals surface area (Å²) in [5.74, 6) is 0.700. The molecule has 0 spiro atoms. The molecule has 1 aromatic carbocycles. The summed E-state index contributed by atoms with van der Waals surface area (Å²) in [6, 6.07) is 7.36. The second-order valence-corrected chi connectivity index (χ2v) is 10.1. The van der Waals surface area contributed by atoms with E-state index in [1.807, 2.05) is 18.5 Å². The predicted octanol–water partition coefficient (Wildman–Crippen LogP) is 5.46. The van der Waals surface area contributed by atoms with Gasteiger partial charge in [-0.25, -0.2) is 9.18 Å². The van der Waals surface area contributed by atoms with Crippen molar-refractivity contribution in [1.82, 2.24) is 9.80 Å². The largest absolute Gasteiger partial charge is 0.467 e. The van der Waals surface area contributed by atoms with Crippen LogP contribution in [0, 0.1) is 17.7 Å². The van der Waals surface area contributed by atoms with Gasteiger partial charge in [0, 0.05) is 12.6 Å². The normalized spacial score (nSPS) is 28.3. The lowest BCUT2D eigenvalue weighted by atomic mass is 9.72. The Labute approximate surface area is 199 Å². The van der Waals surface area contributed by atoms with Gasteiger partial charge in [0.25, 0.3) is 0 Å². The van der Waals surface area contributed by atoms with Crippen LogP contribution in [0.2, 0.25) is 0 Å². The van der Waals surface area contributed by atoms with Gasteiger partial charge in [-0.15, -0.1) is 0 Å². The SMILES string of the molecule is CCCN1C=NC(CCC)(C(=O)OC)C1CC1CCC(C(c2cccc(F)c2)N(C)C)CC1. The first kappa shape index (κ1) is 25.7. The fourth-order valence-corrected chi connectivity index (χ4v) is 6.24.